The SMILES string of the molecule is CC(C)N(Cc1ccc2nc(N)sc2c1)CC(F)(F)F. The van der Waals surface area contributed by atoms with Crippen molar-refractivity contribution in [3.8, 4) is 0 Å². The van der Waals surface area contributed by atoms with Crippen LogP contribution in [0.25, 0.3) is 10.2 Å². The zero-order valence-electron chi connectivity index (χ0n) is 11.2. The lowest BCUT2D eigenvalue weighted by atomic mass is 10.2. The van der Waals surface area contributed by atoms with Gasteiger partial charge in [-0.3, -0.25) is 4.90 Å². The third kappa shape index (κ3) is 3.83. The first-order valence-corrected chi connectivity index (χ1v) is 7.02. The van der Waals surface area contributed by atoms with Crippen molar-refractivity contribution in [1.82, 2.24) is 9.88 Å². The average Bonchev–Trinajstić information content (AvgIpc) is 2.65. The summed E-state index contributed by atoms with van der Waals surface area (Å²) in [7, 11) is 0. The van der Waals surface area contributed by atoms with Crippen molar-refractivity contribution in [3.05, 3.63) is 23.8 Å². The van der Waals surface area contributed by atoms with Crippen LogP contribution in [0.1, 0.15) is 19.4 Å². The number of rotatable bonds is 4. The van der Waals surface area contributed by atoms with Gasteiger partial charge in [0.05, 0.1) is 16.8 Å². The smallest absolute Gasteiger partial charge is 0.375 e. The molecule has 0 unspecified atom stereocenters. The summed E-state index contributed by atoms with van der Waals surface area (Å²) in [5.74, 6) is 0. The van der Waals surface area contributed by atoms with Crippen molar-refractivity contribution in [3.63, 3.8) is 0 Å². The van der Waals surface area contributed by atoms with E-state index < -0.39 is 12.7 Å². The fourth-order valence-electron chi connectivity index (χ4n) is 1.97. The molecule has 0 amide bonds. The van der Waals surface area contributed by atoms with Gasteiger partial charge in [-0.25, -0.2) is 4.98 Å². The molecule has 3 nitrogen and oxygen atoms in total. The molecular formula is C13H16F3N3S. The second-order valence-electron chi connectivity index (χ2n) is 4.97. The van der Waals surface area contributed by atoms with Gasteiger partial charge in [-0.05, 0) is 31.5 Å². The Balaban J connectivity index is 2.19. The summed E-state index contributed by atoms with van der Waals surface area (Å²) in [6.45, 7) is 2.86. The first-order valence-electron chi connectivity index (χ1n) is 6.20. The van der Waals surface area contributed by atoms with E-state index in [0.29, 0.717) is 5.13 Å². The maximum Gasteiger partial charge on any atom is 0.401 e. The third-order valence-electron chi connectivity index (χ3n) is 2.97. The molecule has 2 aromatic rings. The summed E-state index contributed by atoms with van der Waals surface area (Å²) in [6.07, 6.45) is -4.19. The normalized spacial score (nSPS) is 12.8. The Hall–Kier alpha value is -1.34. The number of fused-ring (bicyclic) bond motifs is 1. The maximum atomic E-state index is 12.6. The van der Waals surface area contributed by atoms with Crippen LogP contribution in [0.2, 0.25) is 0 Å². The second-order valence-corrected chi connectivity index (χ2v) is 6.03. The summed E-state index contributed by atoms with van der Waals surface area (Å²) < 4.78 is 38.6. The topological polar surface area (TPSA) is 42.2 Å². The second kappa shape index (κ2) is 5.57. The Morgan fingerprint density at radius 1 is 1.35 bits per heavy atom. The standard InChI is InChI=1S/C13H16F3N3S/c1-8(2)19(7-13(14,15)16)6-9-3-4-10-11(5-9)20-12(17)18-10/h3-5,8H,6-7H2,1-2H3,(H2,17,18). The fraction of sp³-hybridized carbons (Fsp3) is 0.462. The Morgan fingerprint density at radius 2 is 2.05 bits per heavy atom. The third-order valence-corrected chi connectivity index (χ3v) is 3.82. The number of hydrogen-bond acceptors (Lipinski definition) is 4. The van der Waals surface area contributed by atoms with Gasteiger partial charge >= 0.3 is 6.18 Å². The molecule has 0 saturated heterocycles. The van der Waals surface area contributed by atoms with Crippen molar-refractivity contribution in [1.29, 1.82) is 0 Å². The lowest BCUT2D eigenvalue weighted by Crippen LogP contribution is -2.38. The van der Waals surface area contributed by atoms with Gasteiger partial charge in [0.15, 0.2) is 5.13 Å². The van der Waals surface area contributed by atoms with Gasteiger partial charge in [0.1, 0.15) is 0 Å². The van der Waals surface area contributed by atoms with Crippen LogP contribution in [0, 0.1) is 0 Å². The van der Waals surface area contributed by atoms with E-state index in [1.54, 1.807) is 26.0 Å². The fourth-order valence-corrected chi connectivity index (χ4v) is 2.77. The molecule has 0 fully saturated rings. The number of hydrogen-bond donors (Lipinski definition) is 1. The van der Waals surface area contributed by atoms with Crippen molar-refractivity contribution in [2.75, 3.05) is 12.3 Å². The molecule has 0 aliphatic carbocycles. The molecule has 0 bridgehead atoms. The minimum absolute atomic E-state index is 0.182. The molecule has 0 radical (unpaired) electrons. The predicted molar refractivity (Wildman–Crippen MR) is 75.6 cm³/mol. The molecule has 0 atom stereocenters. The van der Waals surface area contributed by atoms with Crippen LogP contribution in [0.3, 0.4) is 0 Å². The van der Waals surface area contributed by atoms with E-state index in [1.807, 2.05) is 6.07 Å². The van der Waals surface area contributed by atoms with Gasteiger partial charge in [-0.15, -0.1) is 0 Å². The van der Waals surface area contributed by atoms with Crippen molar-refractivity contribution in [2.24, 2.45) is 0 Å². The number of thiazole rings is 1. The first-order chi connectivity index (χ1) is 9.24. The Bertz CT molecular complexity index is 592. The summed E-state index contributed by atoms with van der Waals surface area (Å²) >= 11 is 1.34. The van der Waals surface area contributed by atoms with E-state index in [-0.39, 0.29) is 12.6 Å². The van der Waals surface area contributed by atoms with Crippen LogP contribution in [0.15, 0.2) is 18.2 Å². The molecule has 0 spiro atoms. The molecule has 1 aromatic heterocycles. The Morgan fingerprint density at radius 3 is 2.65 bits per heavy atom. The van der Waals surface area contributed by atoms with Gasteiger partial charge in [-0.2, -0.15) is 13.2 Å². The van der Waals surface area contributed by atoms with E-state index >= 15 is 0 Å². The van der Waals surface area contributed by atoms with Gasteiger partial charge < -0.3 is 5.73 Å². The number of nitrogens with zero attached hydrogens (tertiary/aromatic N) is 2. The predicted octanol–water partition coefficient (Wildman–Crippen LogP) is 3.65. The van der Waals surface area contributed by atoms with E-state index in [0.717, 1.165) is 15.8 Å². The molecule has 2 rings (SSSR count). The largest absolute Gasteiger partial charge is 0.401 e. The van der Waals surface area contributed by atoms with Gasteiger partial charge in [0, 0.05) is 12.6 Å². The lowest BCUT2D eigenvalue weighted by molar-refractivity contribution is -0.150. The van der Waals surface area contributed by atoms with Crippen LogP contribution in [-0.2, 0) is 6.54 Å². The van der Waals surface area contributed by atoms with Gasteiger partial charge in [0.25, 0.3) is 0 Å². The minimum atomic E-state index is -4.19. The van der Waals surface area contributed by atoms with Crippen LogP contribution in [-0.4, -0.2) is 28.6 Å². The van der Waals surface area contributed by atoms with E-state index in [2.05, 4.69) is 4.98 Å². The quantitative estimate of drug-likeness (QED) is 0.937. The molecule has 0 saturated carbocycles. The highest BCUT2D eigenvalue weighted by molar-refractivity contribution is 7.22. The summed E-state index contributed by atoms with van der Waals surface area (Å²) in [4.78, 5) is 5.53. The molecule has 20 heavy (non-hydrogen) atoms. The van der Waals surface area contributed by atoms with E-state index in [1.165, 1.54) is 16.2 Å². The highest BCUT2D eigenvalue weighted by Gasteiger charge is 2.31. The molecule has 1 aromatic carbocycles. The number of benzene rings is 1. The van der Waals surface area contributed by atoms with Crippen LogP contribution in [0.5, 0.6) is 0 Å². The van der Waals surface area contributed by atoms with Crippen molar-refractivity contribution >= 4 is 26.7 Å². The number of aromatic nitrogens is 1. The molecule has 1 heterocycles. The molecule has 7 heteroatoms. The van der Waals surface area contributed by atoms with Crippen LogP contribution >= 0.6 is 11.3 Å². The van der Waals surface area contributed by atoms with Gasteiger partial charge in [-0.1, -0.05) is 17.4 Å². The van der Waals surface area contributed by atoms with Crippen molar-refractivity contribution in [2.45, 2.75) is 32.6 Å². The maximum absolute atomic E-state index is 12.6. The molecule has 2 N–H and O–H groups in total. The van der Waals surface area contributed by atoms with Crippen LogP contribution in [0.4, 0.5) is 18.3 Å². The zero-order valence-corrected chi connectivity index (χ0v) is 12.1. The van der Waals surface area contributed by atoms with E-state index in [4.69, 9.17) is 5.73 Å². The van der Waals surface area contributed by atoms with Crippen LogP contribution < -0.4 is 5.73 Å². The summed E-state index contributed by atoms with van der Waals surface area (Å²) in [5, 5.41) is 0.466. The number of anilines is 1. The number of alkyl halides is 3. The molecular weight excluding hydrogens is 287 g/mol. The first kappa shape index (κ1) is 15.1. The Labute approximate surface area is 119 Å². The average molecular weight is 303 g/mol. The molecule has 0 aliphatic rings. The zero-order chi connectivity index (χ0) is 14.9. The Kier molecular flexibility index (Phi) is 4.19. The van der Waals surface area contributed by atoms with E-state index in [9.17, 15) is 13.2 Å². The summed E-state index contributed by atoms with van der Waals surface area (Å²) in [6, 6.07) is 5.27. The summed E-state index contributed by atoms with van der Waals surface area (Å²) in [5.41, 5.74) is 7.23. The highest BCUT2D eigenvalue weighted by Crippen LogP contribution is 2.26. The van der Waals surface area contributed by atoms with Gasteiger partial charge in [0.2, 0.25) is 0 Å². The number of halogens is 3. The highest BCUT2D eigenvalue weighted by atomic mass is 32.1. The molecule has 0 aliphatic heterocycles. The number of nitrogen functional groups attached to an aromatic ring is 1. The number of nitrogens with two attached hydrogens (primary N) is 1. The molecule has 110 valence electrons. The minimum Gasteiger partial charge on any atom is -0.375 e. The van der Waals surface area contributed by atoms with Crippen molar-refractivity contribution < 1.29 is 13.2 Å². The monoisotopic (exact) mass is 303 g/mol. The lowest BCUT2D eigenvalue weighted by Gasteiger charge is -2.27.